The van der Waals surface area contributed by atoms with E-state index in [2.05, 4.69) is 57.2 Å². The molecule has 0 fully saturated rings. The van der Waals surface area contributed by atoms with E-state index < -0.39 is 6.10 Å². The number of allylic oxidation sites excluding steroid dienone is 6. The second-order valence-corrected chi connectivity index (χ2v) is 19.6. The molecule has 6 heteroatoms. The third kappa shape index (κ3) is 52.6. The van der Waals surface area contributed by atoms with Crippen molar-refractivity contribution in [3.8, 4) is 0 Å². The van der Waals surface area contributed by atoms with Crippen LogP contribution in [0.15, 0.2) is 36.5 Å². The van der Waals surface area contributed by atoms with E-state index >= 15 is 0 Å². The fourth-order valence-electron chi connectivity index (χ4n) is 8.47. The lowest BCUT2D eigenvalue weighted by molar-refractivity contribution is -0.167. The highest BCUT2D eigenvalue weighted by atomic mass is 16.6. The Bertz CT molecular complexity index is 1110. The molecular formula is C60H110O6. The minimum absolute atomic E-state index is 0.0732. The number of esters is 3. The summed E-state index contributed by atoms with van der Waals surface area (Å²) in [5.74, 6) is -0.870. The molecule has 0 saturated heterocycles. The van der Waals surface area contributed by atoms with E-state index in [4.69, 9.17) is 14.2 Å². The molecular weight excluding hydrogens is 817 g/mol. The van der Waals surface area contributed by atoms with Gasteiger partial charge in [0, 0.05) is 19.3 Å². The zero-order valence-electron chi connectivity index (χ0n) is 44.2. The number of ether oxygens (including phenoxy) is 3. The van der Waals surface area contributed by atoms with E-state index in [0.29, 0.717) is 19.3 Å². The summed E-state index contributed by atoms with van der Waals surface area (Å²) in [6.07, 6.45) is 65.6. The van der Waals surface area contributed by atoms with Gasteiger partial charge in [-0.3, -0.25) is 14.4 Å². The lowest BCUT2D eigenvalue weighted by atomic mass is 10.0. The first kappa shape index (κ1) is 63.6. The molecule has 0 aliphatic heterocycles. The smallest absolute Gasteiger partial charge is 0.306 e. The highest BCUT2D eigenvalue weighted by Crippen LogP contribution is 2.16. The molecule has 1 atom stereocenters. The van der Waals surface area contributed by atoms with Crippen LogP contribution in [0.4, 0.5) is 0 Å². The van der Waals surface area contributed by atoms with Crippen molar-refractivity contribution >= 4 is 17.9 Å². The van der Waals surface area contributed by atoms with Gasteiger partial charge in [0.15, 0.2) is 6.10 Å². The molecule has 66 heavy (non-hydrogen) atoms. The molecule has 0 aliphatic rings. The maximum absolute atomic E-state index is 12.8. The van der Waals surface area contributed by atoms with E-state index in [1.165, 1.54) is 199 Å². The van der Waals surface area contributed by atoms with Gasteiger partial charge < -0.3 is 14.2 Å². The second kappa shape index (κ2) is 55.2. The molecule has 0 rings (SSSR count). The van der Waals surface area contributed by atoms with Gasteiger partial charge in [-0.2, -0.15) is 0 Å². The first-order valence-electron chi connectivity index (χ1n) is 29.0. The molecule has 386 valence electrons. The Hall–Kier alpha value is -2.37. The van der Waals surface area contributed by atoms with Crippen molar-refractivity contribution in [1.82, 2.24) is 0 Å². The van der Waals surface area contributed by atoms with Crippen molar-refractivity contribution < 1.29 is 28.6 Å². The molecule has 0 N–H and O–H groups in total. The first-order chi connectivity index (χ1) is 32.5. The van der Waals surface area contributed by atoms with Crippen molar-refractivity contribution in [1.29, 1.82) is 0 Å². The largest absolute Gasteiger partial charge is 0.462 e. The zero-order valence-corrected chi connectivity index (χ0v) is 44.2. The summed E-state index contributed by atoms with van der Waals surface area (Å²) in [4.78, 5) is 38.1. The predicted octanol–water partition coefficient (Wildman–Crippen LogP) is 19.3. The Labute approximate surface area is 410 Å². The molecule has 0 aromatic carbocycles. The first-order valence-corrected chi connectivity index (χ1v) is 29.0. The van der Waals surface area contributed by atoms with Crippen molar-refractivity contribution in [3.63, 3.8) is 0 Å². The van der Waals surface area contributed by atoms with Crippen LogP contribution in [0.25, 0.3) is 0 Å². The van der Waals surface area contributed by atoms with E-state index in [0.717, 1.165) is 70.6 Å². The number of hydrogen-bond acceptors (Lipinski definition) is 6. The van der Waals surface area contributed by atoms with Gasteiger partial charge in [0.2, 0.25) is 0 Å². The Morgan fingerprint density at radius 3 is 0.848 bits per heavy atom. The average molecular weight is 928 g/mol. The molecule has 0 aliphatic carbocycles. The fourth-order valence-corrected chi connectivity index (χ4v) is 8.47. The quantitative estimate of drug-likeness (QED) is 0.0262. The van der Waals surface area contributed by atoms with Crippen molar-refractivity contribution in [2.24, 2.45) is 0 Å². The van der Waals surface area contributed by atoms with Gasteiger partial charge >= 0.3 is 17.9 Å². The summed E-state index contributed by atoms with van der Waals surface area (Å²) in [6, 6.07) is 0. The normalized spacial score (nSPS) is 12.2. The number of rotatable bonds is 53. The highest BCUT2D eigenvalue weighted by Gasteiger charge is 2.19. The van der Waals surface area contributed by atoms with Gasteiger partial charge in [-0.1, -0.05) is 250 Å². The molecule has 0 bridgehead atoms. The van der Waals surface area contributed by atoms with Crippen LogP contribution in [0.2, 0.25) is 0 Å². The topological polar surface area (TPSA) is 78.9 Å². The molecule has 0 radical (unpaired) electrons. The third-order valence-corrected chi connectivity index (χ3v) is 12.9. The van der Waals surface area contributed by atoms with Crippen molar-refractivity contribution in [2.75, 3.05) is 13.2 Å². The van der Waals surface area contributed by atoms with E-state index in [1.54, 1.807) is 0 Å². The molecule has 0 aromatic rings. The van der Waals surface area contributed by atoms with Crippen LogP contribution in [0.1, 0.15) is 310 Å². The summed E-state index contributed by atoms with van der Waals surface area (Å²) in [5.41, 5.74) is 0. The Morgan fingerprint density at radius 1 is 0.303 bits per heavy atom. The number of unbranched alkanes of at least 4 members (excludes halogenated alkanes) is 36. The van der Waals surface area contributed by atoms with Gasteiger partial charge in [-0.05, 0) is 77.0 Å². The molecule has 1 unspecified atom stereocenters. The Kier molecular flexibility index (Phi) is 53.2. The van der Waals surface area contributed by atoms with Crippen LogP contribution in [0, 0.1) is 0 Å². The van der Waals surface area contributed by atoms with Crippen molar-refractivity contribution in [2.45, 2.75) is 316 Å². The van der Waals surface area contributed by atoms with Crippen LogP contribution in [0.3, 0.4) is 0 Å². The summed E-state index contributed by atoms with van der Waals surface area (Å²) >= 11 is 0. The van der Waals surface area contributed by atoms with E-state index in [9.17, 15) is 14.4 Å². The van der Waals surface area contributed by atoms with E-state index in [-0.39, 0.29) is 31.1 Å². The van der Waals surface area contributed by atoms with Crippen molar-refractivity contribution in [3.05, 3.63) is 36.5 Å². The minimum Gasteiger partial charge on any atom is -0.462 e. The summed E-state index contributed by atoms with van der Waals surface area (Å²) in [6.45, 7) is 6.64. The molecule has 0 heterocycles. The minimum atomic E-state index is -0.775. The van der Waals surface area contributed by atoms with Crippen LogP contribution in [-0.4, -0.2) is 37.2 Å². The van der Waals surface area contributed by atoms with E-state index in [1.807, 2.05) is 0 Å². The Balaban J connectivity index is 4.31. The summed E-state index contributed by atoms with van der Waals surface area (Å²) < 4.78 is 16.9. The SMILES string of the molecule is CCCCCCC/C=C\C/C=C\CCCCCCCCCCCC(=O)OCC(COC(=O)CCCCCCCCCCCCCCC)OC(=O)CCCCCCC/C=C\CCCCCCC. The second-order valence-electron chi connectivity index (χ2n) is 19.6. The maximum Gasteiger partial charge on any atom is 0.306 e. The summed E-state index contributed by atoms with van der Waals surface area (Å²) in [7, 11) is 0. The third-order valence-electron chi connectivity index (χ3n) is 12.9. The molecule has 6 nitrogen and oxygen atoms in total. The standard InChI is InChI=1S/C60H110O6/c1-4-7-10-13-16-19-22-25-27-28-29-30-31-32-33-36-38-41-44-47-50-53-59(62)65-56-57(55-64-58(61)52-49-46-43-40-37-34-24-21-18-15-12-9-6-3)66-60(63)54-51-48-45-42-39-35-26-23-20-17-14-11-8-5-2/h22-23,25-26,28-29,57H,4-21,24,27,30-56H2,1-3H3/b25-22-,26-23-,29-28-. The van der Waals surface area contributed by atoms with Gasteiger partial charge in [0.1, 0.15) is 13.2 Å². The molecule has 0 amide bonds. The van der Waals surface area contributed by atoms with Crippen LogP contribution >= 0.6 is 0 Å². The lowest BCUT2D eigenvalue weighted by Crippen LogP contribution is -2.30. The average Bonchev–Trinajstić information content (AvgIpc) is 3.31. The van der Waals surface area contributed by atoms with Crippen LogP contribution < -0.4 is 0 Å². The highest BCUT2D eigenvalue weighted by molar-refractivity contribution is 5.71. The van der Waals surface area contributed by atoms with Gasteiger partial charge in [0.25, 0.3) is 0 Å². The zero-order chi connectivity index (χ0) is 47.9. The fraction of sp³-hybridized carbons (Fsp3) is 0.850. The lowest BCUT2D eigenvalue weighted by Gasteiger charge is -2.18. The Morgan fingerprint density at radius 2 is 0.545 bits per heavy atom. The predicted molar refractivity (Wildman–Crippen MR) is 284 cm³/mol. The summed E-state index contributed by atoms with van der Waals surface area (Å²) in [5, 5.41) is 0. The van der Waals surface area contributed by atoms with Crippen LogP contribution in [-0.2, 0) is 28.6 Å². The number of hydrogen-bond donors (Lipinski definition) is 0. The number of carbonyl (C=O) groups excluding carboxylic acids is 3. The van der Waals surface area contributed by atoms with Gasteiger partial charge in [0.05, 0.1) is 0 Å². The monoisotopic (exact) mass is 927 g/mol. The van der Waals surface area contributed by atoms with Gasteiger partial charge in [-0.25, -0.2) is 0 Å². The van der Waals surface area contributed by atoms with Crippen LogP contribution in [0.5, 0.6) is 0 Å². The van der Waals surface area contributed by atoms with Gasteiger partial charge in [-0.15, -0.1) is 0 Å². The number of carbonyl (C=O) groups is 3. The maximum atomic E-state index is 12.8. The molecule has 0 saturated carbocycles. The molecule has 0 spiro atoms. The molecule has 0 aromatic heterocycles.